The Bertz CT molecular complexity index is 1260. The second kappa shape index (κ2) is 13.8. The van der Waals surface area contributed by atoms with Gasteiger partial charge in [-0.2, -0.15) is 5.10 Å². The summed E-state index contributed by atoms with van der Waals surface area (Å²) in [5.41, 5.74) is 1.07. The maximum atomic E-state index is 12.9. The first-order valence-corrected chi connectivity index (χ1v) is 12.2. The number of pyridine rings is 1. The maximum absolute atomic E-state index is 12.9. The molecule has 3 aromatic heterocycles. The zero-order valence-electron chi connectivity index (χ0n) is 22.8. The van der Waals surface area contributed by atoms with Gasteiger partial charge in [0.05, 0.1) is 23.0 Å². The number of nitrogens with one attached hydrogen (secondary N) is 1. The third-order valence-electron chi connectivity index (χ3n) is 5.60. The van der Waals surface area contributed by atoms with Crippen LogP contribution in [0.1, 0.15) is 53.2 Å². The normalized spacial score (nSPS) is 17.7. The first kappa shape index (κ1) is 31.3. The molecule has 1 saturated carbocycles. The number of hydrogen-bond donors (Lipinski definition) is 4. The van der Waals surface area contributed by atoms with Gasteiger partial charge in [0.1, 0.15) is 5.82 Å². The fourth-order valence-electron chi connectivity index (χ4n) is 3.94. The predicted octanol–water partition coefficient (Wildman–Crippen LogP) is 2.60. The van der Waals surface area contributed by atoms with Crippen LogP contribution in [0.5, 0.6) is 0 Å². The Morgan fingerprint density at radius 1 is 0.925 bits per heavy atom. The lowest BCUT2D eigenvalue weighted by molar-refractivity contribution is -0.135. The Labute approximate surface area is 230 Å². The van der Waals surface area contributed by atoms with Crippen molar-refractivity contribution in [3.63, 3.8) is 0 Å². The zero-order valence-corrected chi connectivity index (χ0v) is 22.8. The van der Waals surface area contributed by atoms with Gasteiger partial charge in [-0.15, -0.1) is 0 Å². The molecule has 14 nitrogen and oxygen atoms in total. The van der Waals surface area contributed by atoms with Crippen LogP contribution in [0.2, 0.25) is 0 Å². The van der Waals surface area contributed by atoms with E-state index in [2.05, 4.69) is 25.4 Å². The SMILES string of the molecule is CC(=O)O.CC(=O)O.CC(=O)O.CC1(C)C(=O)N(C2CC(Nc3ccc(-n4cccn4)cn3)C2)c2nccnc21. The molecule has 40 heavy (non-hydrogen) atoms. The van der Waals surface area contributed by atoms with Crippen LogP contribution in [0.4, 0.5) is 11.6 Å². The number of nitrogens with zero attached hydrogens (tertiary/aromatic N) is 6. The minimum absolute atomic E-state index is 0.0823. The second-order valence-electron chi connectivity index (χ2n) is 9.40. The molecule has 214 valence electrons. The molecular formula is C26H33N7O7. The lowest BCUT2D eigenvalue weighted by Gasteiger charge is -2.41. The molecule has 1 aliphatic carbocycles. The van der Waals surface area contributed by atoms with E-state index >= 15 is 0 Å². The van der Waals surface area contributed by atoms with E-state index in [4.69, 9.17) is 29.7 Å². The number of carboxylic acids is 3. The summed E-state index contributed by atoms with van der Waals surface area (Å²) in [6.45, 7) is 7.09. The summed E-state index contributed by atoms with van der Waals surface area (Å²) in [5.74, 6) is -0.880. The largest absolute Gasteiger partial charge is 0.481 e. The first-order chi connectivity index (χ1) is 18.7. The van der Waals surface area contributed by atoms with Crippen molar-refractivity contribution in [3.05, 3.63) is 54.9 Å². The number of fused-ring (bicyclic) bond motifs is 1. The molecule has 0 aromatic carbocycles. The van der Waals surface area contributed by atoms with E-state index in [9.17, 15) is 4.79 Å². The number of amides is 1. The highest BCUT2D eigenvalue weighted by Gasteiger charge is 2.51. The molecule has 0 saturated heterocycles. The molecule has 0 spiro atoms. The molecule has 1 aliphatic heterocycles. The highest BCUT2D eigenvalue weighted by molar-refractivity contribution is 6.06. The minimum atomic E-state index is -0.833. The van der Waals surface area contributed by atoms with Crippen LogP contribution >= 0.6 is 0 Å². The molecule has 4 N–H and O–H groups in total. The van der Waals surface area contributed by atoms with E-state index in [1.165, 1.54) is 0 Å². The molecular weight excluding hydrogens is 522 g/mol. The fraction of sp³-hybridized carbons (Fsp3) is 0.385. The van der Waals surface area contributed by atoms with E-state index in [-0.39, 0.29) is 18.0 Å². The minimum Gasteiger partial charge on any atom is -0.481 e. The van der Waals surface area contributed by atoms with Gasteiger partial charge < -0.3 is 20.6 Å². The third-order valence-corrected chi connectivity index (χ3v) is 5.60. The Morgan fingerprint density at radius 2 is 1.50 bits per heavy atom. The molecule has 0 radical (unpaired) electrons. The standard InChI is InChI=1S/C20H21N7O.3C2H4O2/c1-20(2)17-18(22-8-7-21-17)27(19(20)28)15-10-13(11-15)25-16-5-4-14(12-23-16)26-9-3-6-24-26;3*1-2(3)4/h3-9,12-13,15H,10-11H2,1-2H3,(H,23,25);3*1H3,(H,3,4). The van der Waals surface area contributed by atoms with Crippen molar-refractivity contribution in [2.75, 3.05) is 10.2 Å². The van der Waals surface area contributed by atoms with Crippen LogP contribution in [0, 0.1) is 0 Å². The number of carboxylic acid groups (broad SMARTS) is 3. The quantitative estimate of drug-likeness (QED) is 0.367. The van der Waals surface area contributed by atoms with Gasteiger partial charge in [0, 0.05) is 57.6 Å². The third kappa shape index (κ3) is 8.58. The Balaban J connectivity index is 0.000000399. The summed E-state index contributed by atoms with van der Waals surface area (Å²) < 4.78 is 1.77. The molecule has 4 heterocycles. The van der Waals surface area contributed by atoms with Crippen LogP contribution < -0.4 is 10.2 Å². The summed E-state index contributed by atoms with van der Waals surface area (Å²) >= 11 is 0. The average Bonchev–Trinajstić information content (AvgIpc) is 3.43. The van der Waals surface area contributed by atoms with Crippen LogP contribution in [0.15, 0.2) is 49.2 Å². The maximum Gasteiger partial charge on any atom is 0.300 e. The molecule has 3 aromatic rings. The van der Waals surface area contributed by atoms with Crippen LogP contribution in [-0.4, -0.2) is 76.0 Å². The number of hydrogen-bond acceptors (Lipinski definition) is 9. The van der Waals surface area contributed by atoms with Crippen LogP contribution in [0.3, 0.4) is 0 Å². The van der Waals surface area contributed by atoms with Crippen molar-refractivity contribution >= 4 is 35.5 Å². The van der Waals surface area contributed by atoms with E-state index in [0.29, 0.717) is 5.82 Å². The lowest BCUT2D eigenvalue weighted by Crippen LogP contribution is -2.53. The summed E-state index contributed by atoms with van der Waals surface area (Å²) in [5, 5.41) is 29.9. The summed E-state index contributed by atoms with van der Waals surface area (Å²) in [7, 11) is 0. The topological polar surface area (TPSA) is 201 Å². The molecule has 1 fully saturated rings. The van der Waals surface area contributed by atoms with Gasteiger partial charge in [0.15, 0.2) is 5.82 Å². The zero-order chi connectivity index (χ0) is 30.0. The van der Waals surface area contributed by atoms with Crippen molar-refractivity contribution < 1.29 is 34.5 Å². The van der Waals surface area contributed by atoms with Crippen molar-refractivity contribution in [3.8, 4) is 5.69 Å². The highest BCUT2D eigenvalue weighted by Crippen LogP contribution is 2.43. The smallest absolute Gasteiger partial charge is 0.300 e. The Hall–Kier alpha value is -4.88. The lowest BCUT2D eigenvalue weighted by atomic mass is 9.84. The Morgan fingerprint density at radius 3 is 2.00 bits per heavy atom. The number of aromatic nitrogens is 5. The van der Waals surface area contributed by atoms with Gasteiger partial charge in [-0.25, -0.2) is 14.6 Å². The van der Waals surface area contributed by atoms with Crippen molar-refractivity contribution in [2.24, 2.45) is 0 Å². The molecule has 0 bridgehead atoms. The molecule has 0 atom stereocenters. The monoisotopic (exact) mass is 555 g/mol. The molecule has 1 amide bonds. The van der Waals surface area contributed by atoms with E-state index < -0.39 is 23.3 Å². The predicted molar refractivity (Wildman–Crippen MR) is 144 cm³/mol. The summed E-state index contributed by atoms with van der Waals surface area (Å²) in [6, 6.07) is 6.24. The number of aliphatic carboxylic acids is 3. The van der Waals surface area contributed by atoms with Crippen molar-refractivity contribution in [1.82, 2.24) is 24.7 Å². The van der Waals surface area contributed by atoms with Crippen molar-refractivity contribution in [1.29, 1.82) is 0 Å². The van der Waals surface area contributed by atoms with Crippen LogP contribution in [-0.2, 0) is 24.6 Å². The first-order valence-electron chi connectivity index (χ1n) is 12.2. The average molecular weight is 556 g/mol. The van der Waals surface area contributed by atoms with Gasteiger partial charge in [-0.3, -0.25) is 29.1 Å². The molecule has 2 aliphatic rings. The number of carbonyl (C=O) groups is 4. The van der Waals surface area contributed by atoms with Crippen molar-refractivity contribution in [2.45, 2.75) is 65.0 Å². The number of carbonyl (C=O) groups excluding carboxylic acids is 1. The van der Waals surface area contributed by atoms with Gasteiger partial charge in [-0.05, 0) is 44.9 Å². The number of anilines is 2. The molecule has 5 rings (SSSR count). The summed E-state index contributed by atoms with van der Waals surface area (Å²) in [4.78, 5) is 55.1. The van der Waals surface area contributed by atoms with E-state index in [1.807, 2.05) is 43.1 Å². The van der Waals surface area contributed by atoms with Gasteiger partial charge in [0.25, 0.3) is 17.9 Å². The fourth-order valence-corrected chi connectivity index (χ4v) is 3.94. The van der Waals surface area contributed by atoms with Crippen LogP contribution in [0.25, 0.3) is 5.69 Å². The summed E-state index contributed by atoms with van der Waals surface area (Å²) in [6.07, 6.45) is 10.5. The highest BCUT2D eigenvalue weighted by atomic mass is 16.4. The molecule has 0 unspecified atom stereocenters. The van der Waals surface area contributed by atoms with E-state index in [1.54, 1.807) is 29.5 Å². The Kier molecular flexibility index (Phi) is 10.8. The van der Waals surface area contributed by atoms with Gasteiger partial charge in [-0.1, -0.05) is 0 Å². The second-order valence-corrected chi connectivity index (χ2v) is 9.40. The van der Waals surface area contributed by atoms with Gasteiger partial charge >= 0.3 is 0 Å². The molecule has 14 heteroatoms. The van der Waals surface area contributed by atoms with E-state index in [0.717, 1.165) is 50.8 Å². The van der Waals surface area contributed by atoms with Gasteiger partial charge in [0.2, 0.25) is 5.91 Å². The number of rotatable bonds is 4.